The van der Waals surface area contributed by atoms with E-state index >= 15 is 0 Å². The van der Waals surface area contributed by atoms with Crippen LogP contribution in [0.4, 0.5) is 5.00 Å². The first kappa shape index (κ1) is 23.7. The van der Waals surface area contributed by atoms with Crippen LogP contribution in [-0.4, -0.2) is 51.5 Å². The largest absolute Gasteiger partial charge is 0.493 e. The molecular weight excluding hydrogens is 486 g/mol. The second kappa shape index (κ2) is 9.43. The molecular formula is C21H25N3O6S3. The predicted molar refractivity (Wildman–Crippen MR) is 128 cm³/mol. The molecule has 1 aliphatic carbocycles. The average Bonchev–Trinajstić information content (AvgIpc) is 3.31. The number of fused-ring (bicyclic) bond motifs is 1. The Morgan fingerprint density at radius 2 is 1.88 bits per heavy atom. The van der Waals surface area contributed by atoms with Gasteiger partial charge in [-0.2, -0.15) is 0 Å². The van der Waals surface area contributed by atoms with Crippen molar-refractivity contribution in [1.82, 2.24) is 10.4 Å². The quantitative estimate of drug-likeness (QED) is 0.587. The molecule has 2 N–H and O–H groups in total. The third-order valence-electron chi connectivity index (χ3n) is 5.46. The fourth-order valence-electron chi connectivity index (χ4n) is 4.01. The number of ether oxygens (including phenoxy) is 2. The molecule has 1 aromatic carbocycles. The van der Waals surface area contributed by atoms with Gasteiger partial charge in [-0.15, -0.1) is 23.1 Å². The number of rotatable bonds is 7. The van der Waals surface area contributed by atoms with Crippen molar-refractivity contribution in [3.05, 3.63) is 39.8 Å². The Morgan fingerprint density at radius 1 is 1.15 bits per heavy atom. The van der Waals surface area contributed by atoms with Crippen molar-refractivity contribution in [3.63, 3.8) is 0 Å². The summed E-state index contributed by atoms with van der Waals surface area (Å²) < 4.78 is 37.0. The van der Waals surface area contributed by atoms with E-state index in [1.165, 1.54) is 35.2 Å². The highest BCUT2D eigenvalue weighted by molar-refractivity contribution is 8.00. The molecule has 178 valence electrons. The molecule has 4 rings (SSSR count). The smallest absolute Gasteiger partial charge is 0.273 e. The first-order valence-corrected chi connectivity index (χ1v) is 14.1. The first-order valence-electron chi connectivity index (χ1n) is 10.3. The van der Waals surface area contributed by atoms with Gasteiger partial charge >= 0.3 is 0 Å². The molecule has 1 atom stereocenters. The number of thiophene rings is 1. The van der Waals surface area contributed by atoms with Crippen LogP contribution in [0, 0.1) is 0 Å². The van der Waals surface area contributed by atoms with Crippen LogP contribution in [-0.2, 0) is 27.7 Å². The van der Waals surface area contributed by atoms with Gasteiger partial charge in [-0.05, 0) is 48.9 Å². The van der Waals surface area contributed by atoms with Crippen LogP contribution in [0.1, 0.15) is 44.6 Å². The SMILES string of the molecule is COc1ccc(C2SCC(=O)N2NC(=O)c2c(NS(C)(=O)=O)sc3c2CCCC3)cc1OC. The lowest BCUT2D eigenvalue weighted by molar-refractivity contribution is -0.130. The summed E-state index contributed by atoms with van der Waals surface area (Å²) in [5.74, 6) is 0.548. The highest BCUT2D eigenvalue weighted by Crippen LogP contribution is 2.42. The number of benzene rings is 1. The molecule has 1 fully saturated rings. The molecule has 9 nitrogen and oxygen atoms in total. The lowest BCUT2D eigenvalue weighted by atomic mass is 9.95. The minimum atomic E-state index is -3.57. The highest BCUT2D eigenvalue weighted by atomic mass is 32.2. The van der Waals surface area contributed by atoms with E-state index in [-0.39, 0.29) is 11.7 Å². The van der Waals surface area contributed by atoms with Crippen LogP contribution in [0.2, 0.25) is 0 Å². The van der Waals surface area contributed by atoms with Crippen molar-refractivity contribution in [2.75, 3.05) is 31.0 Å². The number of carbonyl (C=O) groups excluding carboxylic acids is 2. The monoisotopic (exact) mass is 511 g/mol. The Bertz CT molecular complexity index is 1190. The molecule has 2 heterocycles. The maximum absolute atomic E-state index is 13.4. The topological polar surface area (TPSA) is 114 Å². The van der Waals surface area contributed by atoms with Crippen LogP contribution in [0.3, 0.4) is 0 Å². The molecule has 0 spiro atoms. The molecule has 2 aliphatic rings. The van der Waals surface area contributed by atoms with Crippen molar-refractivity contribution in [2.24, 2.45) is 0 Å². The number of sulfonamides is 1. The van der Waals surface area contributed by atoms with E-state index in [1.54, 1.807) is 19.2 Å². The predicted octanol–water partition coefficient (Wildman–Crippen LogP) is 2.93. The number of anilines is 1. The van der Waals surface area contributed by atoms with E-state index in [9.17, 15) is 18.0 Å². The molecule has 12 heteroatoms. The second-order valence-electron chi connectivity index (χ2n) is 7.77. The summed E-state index contributed by atoms with van der Waals surface area (Å²) in [7, 11) is -0.494. The Morgan fingerprint density at radius 3 is 2.58 bits per heavy atom. The lowest BCUT2D eigenvalue weighted by Crippen LogP contribution is -2.45. The zero-order chi connectivity index (χ0) is 23.8. The van der Waals surface area contributed by atoms with Gasteiger partial charge in [0, 0.05) is 4.88 Å². The number of hydrogen-bond acceptors (Lipinski definition) is 8. The summed E-state index contributed by atoms with van der Waals surface area (Å²) >= 11 is 2.67. The Balaban J connectivity index is 1.65. The number of amides is 2. The molecule has 1 saturated heterocycles. The van der Waals surface area contributed by atoms with Crippen molar-refractivity contribution < 1.29 is 27.5 Å². The first-order chi connectivity index (χ1) is 15.7. The zero-order valence-corrected chi connectivity index (χ0v) is 20.9. The maximum Gasteiger partial charge on any atom is 0.273 e. The van der Waals surface area contributed by atoms with Gasteiger partial charge in [0.05, 0.1) is 31.8 Å². The van der Waals surface area contributed by atoms with Gasteiger partial charge in [-0.3, -0.25) is 19.7 Å². The van der Waals surface area contributed by atoms with Crippen LogP contribution < -0.4 is 19.6 Å². The van der Waals surface area contributed by atoms with Crippen LogP contribution in [0.25, 0.3) is 0 Å². The highest BCUT2D eigenvalue weighted by Gasteiger charge is 2.36. The number of hydrazine groups is 1. The van der Waals surface area contributed by atoms with E-state index in [0.717, 1.165) is 41.5 Å². The van der Waals surface area contributed by atoms with E-state index in [4.69, 9.17) is 9.47 Å². The summed E-state index contributed by atoms with van der Waals surface area (Å²) in [5.41, 5.74) is 4.67. The summed E-state index contributed by atoms with van der Waals surface area (Å²) in [4.78, 5) is 27.1. The van der Waals surface area contributed by atoms with E-state index in [0.29, 0.717) is 28.5 Å². The third-order valence-corrected chi connectivity index (χ3v) is 8.58. The number of thioether (sulfide) groups is 1. The average molecular weight is 512 g/mol. The number of hydrogen-bond donors (Lipinski definition) is 2. The van der Waals surface area contributed by atoms with Crippen LogP contribution in [0.15, 0.2) is 18.2 Å². The molecule has 0 radical (unpaired) electrons. The standard InChI is InChI=1S/C21H25N3O6S3/c1-29-14-9-8-12(10-15(14)30-2)21-24(17(25)11-31-21)22-19(26)18-13-6-4-5-7-16(13)32-20(18)23-33(3,27)28/h8-10,21,23H,4-7,11H2,1-3H3,(H,22,26). The zero-order valence-electron chi connectivity index (χ0n) is 18.5. The summed E-state index contributed by atoms with van der Waals surface area (Å²) in [6.45, 7) is 0. The minimum Gasteiger partial charge on any atom is -0.493 e. The fraction of sp³-hybridized carbons (Fsp3) is 0.429. The summed E-state index contributed by atoms with van der Waals surface area (Å²) in [6.07, 6.45) is 4.48. The second-order valence-corrected chi connectivity index (χ2v) is 11.7. The number of aryl methyl sites for hydroxylation is 1. The van der Waals surface area contributed by atoms with E-state index in [2.05, 4.69) is 10.1 Å². The Hall–Kier alpha value is -2.44. The van der Waals surface area contributed by atoms with Crippen molar-refractivity contribution in [1.29, 1.82) is 0 Å². The van der Waals surface area contributed by atoms with Gasteiger partial charge in [-0.25, -0.2) is 13.4 Å². The van der Waals surface area contributed by atoms with Crippen molar-refractivity contribution >= 4 is 49.9 Å². The van der Waals surface area contributed by atoms with Crippen LogP contribution >= 0.6 is 23.1 Å². The van der Waals surface area contributed by atoms with E-state index < -0.39 is 21.3 Å². The molecule has 2 aromatic rings. The van der Waals surface area contributed by atoms with Gasteiger partial charge in [0.25, 0.3) is 11.8 Å². The van der Waals surface area contributed by atoms with E-state index in [1.807, 2.05) is 6.07 Å². The van der Waals surface area contributed by atoms with Gasteiger partial charge in [0.2, 0.25) is 10.0 Å². The van der Waals surface area contributed by atoms with Crippen molar-refractivity contribution in [2.45, 2.75) is 31.1 Å². The summed E-state index contributed by atoms with van der Waals surface area (Å²) in [6, 6.07) is 5.35. The third kappa shape index (κ3) is 4.92. The number of nitrogens with one attached hydrogen (secondary N) is 2. The van der Waals surface area contributed by atoms with Gasteiger partial charge in [0.1, 0.15) is 10.4 Å². The molecule has 33 heavy (non-hydrogen) atoms. The Labute approximate surface area is 200 Å². The molecule has 1 aliphatic heterocycles. The Kier molecular flexibility index (Phi) is 6.78. The van der Waals surface area contributed by atoms with Gasteiger partial charge < -0.3 is 9.47 Å². The van der Waals surface area contributed by atoms with Crippen LogP contribution in [0.5, 0.6) is 11.5 Å². The lowest BCUT2D eigenvalue weighted by Gasteiger charge is -2.25. The molecule has 0 saturated carbocycles. The maximum atomic E-state index is 13.4. The number of carbonyl (C=O) groups is 2. The number of methoxy groups -OCH3 is 2. The van der Waals surface area contributed by atoms with Crippen molar-refractivity contribution in [3.8, 4) is 11.5 Å². The number of nitrogens with zero attached hydrogens (tertiary/aromatic N) is 1. The van der Waals surface area contributed by atoms with Gasteiger partial charge in [-0.1, -0.05) is 6.07 Å². The fourth-order valence-corrected chi connectivity index (χ4v) is 7.31. The normalized spacial score (nSPS) is 18.1. The van der Waals surface area contributed by atoms with Gasteiger partial charge in [0.15, 0.2) is 11.5 Å². The minimum absolute atomic E-state index is 0.204. The molecule has 2 amide bonds. The molecule has 1 aromatic heterocycles. The molecule has 1 unspecified atom stereocenters. The molecule has 0 bridgehead atoms. The summed E-state index contributed by atoms with van der Waals surface area (Å²) in [5, 5.41) is 1.15.